The highest BCUT2D eigenvalue weighted by molar-refractivity contribution is 6.03. The van der Waals surface area contributed by atoms with Crippen molar-refractivity contribution in [3.05, 3.63) is 41.7 Å². The lowest BCUT2D eigenvalue weighted by Gasteiger charge is -2.12. The fourth-order valence-corrected chi connectivity index (χ4v) is 2.07. The van der Waals surface area contributed by atoms with Crippen LogP contribution in [0, 0.1) is 6.92 Å². The van der Waals surface area contributed by atoms with Gasteiger partial charge in [0.15, 0.2) is 0 Å². The monoisotopic (exact) mass is 329 g/mol. The average molecular weight is 329 g/mol. The Morgan fingerprint density at radius 2 is 2.08 bits per heavy atom. The van der Waals surface area contributed by atoms with Crippen LogP contribution in [0.4, 0.5) is 11.6 Å². The summed E-state index contributed by atoms with van der Waals surface area (Å²) in [6.45, 7) is 3.50. The number of hydrogen-bond acceptors (Lipinski definition) is 6. The van der Waals surface area contributed by atoms with Crippen LogP contribution >= 0.6 is 0 Å². The Balaban J connectivity index is 2.08. The van der Waals surface area contributed by atoms with Gasteiger partial charge in [0.25, 0.3) is 5.91 Å². The number of likely N-dealkylation sites (N-methyl/N-ethyl adjacent to an activating group) is 1. The fourth-order valence-electron chi connectivity index (χ4n) is 2.07. The molecule has 0 aliphatic carbocycles. The van der Waals surface area contributed by atoms with Crippen molar-refractivity contribution in [3.8, 4) is 5.75 Å². The Hall–Kier alpha value is -2.67. The van der Waals surface area contributed by atoms with Crippen LogP contribution in [0.3, 0.4) is 0 Å². The van der Waals surface area contributed by atoms with E-state index in [2.05, 4.69) is 20.6 Å². The number of methoxy groups -OCH3 is 1. The maximum Gasteiger partial charge on any atom is 0.274 e. The van der Waals surface area contributed by atoms with Crippen molar-refractivity contribution < 1.29 is 9.53 Å². The number of nitrogens with zero attached hydrogens (tertiary/aromatic N) is 3. The molecule has 1 aromatic heterocycles. The number of aryl methyl sites for hydroxylation is 1. The molecule has 0 aliphatic heterocycles. The number of ether oxygens (including phenoxy) is 1. The van der Waals surface area contributed by atoms with Gasteiger partial charge in [-0.3, -0.25) is 4.79 Å². The van der Waals surface area contributed by atoms with Crippen LogP contribution in [0.5, 0.6) is 5.75 Å². The highest BCUT2D eigenvalue weighted by Crippen LogP contribution is 2.25. The topological polar surface area (TPSA) is 79.4 Å². The minimum absolute atomic E-state index is 0.293. The molecule has 0 aliphatic rings. The molecule has 2 N–H and O–H groups in total. The summed E-state index contributed by atoms with van der Waals surface area (Å²) >= 11 is 0. The van der Waals surface area contributed by atoms with E-state index in [1.807, 2.05) is 44.1 Å². The Labute approximate surface area is 142 Å². The normalized spacial score (nSPS) is 10.5. The van der Waals surface area contributed by atoms with Gasteiger partial charge in [-0.25, -0.2) is 9.97 Å². The first-order chi connectivity index (χ1) is 11.5. The van der Waals surface area contributed by atoms with E-state index in [1.54, 1.807) is 19.4 Å². The van der Waals surface area contributed by atoms with Crippen molar-refractivity contribution in [2.45, 2.75) is 6.92 Å². The van der Waals surface area contributed by atoms with E-state index in [4.69, 9.17) is 4.74 Å². The summed E-state index contributed by atoms with van der Waals surface area (Å²) in [5.74, 6) is 0.727. The van der Waals surface area contributed by atoms with Gasteiger partial charge < -0.3 is 20.3 Å². The van der Waals surface area contributed by atoms with Crippen LogP contribution < -0.4 is 15.4 Å². The lowest BCUT2D eigenvalue weighted by Crippen LogP contribution is -2.22. The largest absolute Gasteiger partial charge is 0.495 e. The van der Waals surface area contributed by atoms with Crippen LogP contribution in [0.1, 0.15) is 16.1 Å². The molecule has 2 rings (SSSR count). The molecule has 0 saturated heterocycles. The van der Waals surface area contributed by atoms with Crippen LogP contribution in [-0.2, 0) is 0 Å². The highest BCUT2D eigenvalue weighted by Gasteiger charge is 2.12. The number of amides is 1. The second-order valence-electron chi connectivity index (χ2n) is 5.65. The van der Waals surface area contributed by atoms with Gasteiger partial charge in [-0.1, -0.05) is 6.07 Å². The summed E-state index contributed by atoms with van der Waals surface area (Å²) in [7, 11) is 5.54. The number of rotatable bonds is 7. The molecule has 7 heteroatoms. The predicted octanol–water partition coefficient (Wildman–Crippen LogP) is 2.02. The van der Waals surface area contributed by atoms with Crippen LogP contribution in [-0.4, -0.2) is 55.1 Å². The summed E-state index contributed by atoms with van der Waals surface area (Å²) in [6, 6.07) is 7.17. The lowest BCUT2D eigenvalue weighted by molar-refractivity contribution is 0.102. The third-order valence-electron chi connectivity index (χ3n) is 3.33. The molecule has 0 unspecified atom stereocenters. The maximum absolute atomic E-state index is 12.4. The quantitative estimate of drug-likeness (QED) is 0.809. The third-order valence-corrected chi connectivity index (χ3v) is 3.33. The molecule has 0 atom stereocenters. The molecule has 2 aromatic rings. The van der Waals surface area contributed by atoms with Crippen molar-refractivity contribution in [3.63, 3.8) is 0 Å². The Morgan fingerprint density at radius 1 is 1.29 bits per heavy atom. The maximum atomic E-state index is 12.4. The zero-order valence-electron chi connectivity index (χ0n) is 14.5. The summed E-state index contributed by atoms with van der Waals surface area (Å²) in [5, 5.41) is 5.93. The minimum atomic E-state index is -0.308. The Kier molecular flexibility index (Phi) is 6.08. The first-order valence-electron chi connectivity index (χ1n) is 7.67. The molecular formula is C17H23N5O2. The van der Waals surface area contributed by atoms with Gasteiger partial charge in [-0.05, 0) is 44.8 Å². The summed E-state index contributed by atoms with van der Waals surface area (Å²) in [6.07, 6.45) is 1.56. The number of carbonyl (C=O) groups excluding carboxylic acids is 1. The van der Waals surface area contributed by atoms with Crippen LogP contribution in [0.25, 0.3) is 0 Å². The van der Waals surface area contributed by atoms with Gasteiger partial charge in [-0.2, -0.15) is 0 Å². The molecule has 0 bridgehead atoms. The molecule has 0 saturated carbocycles. The van der Waals surface area contributed by atoms with Crippen molar-refractivity contribution in [1.29, 1.82) is 0 Å². The second-order valence-corrected chi connectivity index (χ2v) is 5.65. The Bertz CT molecular complexity index is 703. The van der Waals surface area contributed by atoms with Crippen molar-refractivity contribution in [2.24, 2.45) is 0 Å². The molecule has 7 nitrogen and oxygen atoms in total. The summed E-state index contributed by atoms with van der Waals surface area (Å²) < 4.78 is 5.27. The van der Waals surface area contributed by atoms with Crippen LogP contribution in [0.15, 0.2) is 30.5 Å². The number of hydrogen-bond donors (Lipinski definition) is 2. The van der Waals surface area contributed by atoms with Gasteiger partial charge >= 0.3 is 0 Å². The van der Waals surface area contributed by atoms with Gasteiger partial charge in [-0.15, -0.1) is 0 Å². The minimum Gasteiger partial charge on any atom is -0.495 e. The van der Waals surface area contributed by atoms with Gasteiger partial charge in [0.2, 0.25) is 5.95 Å². The Morgan fingerprint density at radius 3 is 2.79 bits per heavy atom. The van der Waals surface area contributed by atoms with E-state index in [9.17, 15) is 4.79 Å². The summed E-state index contributed by atoms with van der Waals surface area (Å²) in [5.41, 5.74) is 1.93. The molecular weight excluding hydrogens is 306 g/mol. The second kappa shape index (κ2) is 8.26. The SMILES string of the molecule is COc1ccc(C)cc1NC(=O)c1ccnc(NCCN(C)C)n1. The molecule has 1 heterocycles. The fraction of sp³-hybridized carbons (Fsp3) is 0.353. The van der Waals surface area contributed by atoms with E-state index in [-0.39, 0.29) is 5.91 Å². The van der Waals surface area contributed by atoms with Crippen molar-refractivity contribution in [2.75, 3.05) is 44.9 Å². The van der Waals surface area contributed by atoms with Crippen molar-refractivity contribution >= 4 is 17.5 Å². The molecule has 1 aromatic carbocycles. The third kappa shape index (κ3) is 4.92. The van der Waals surface area contributed by atoms with Crippen LogP contribution in [0.2, 0.25) is 0 Å². The molecule has 0 fully saturated rings. The molecule has 1 amide bonds. The number of aromatic nitrogens is 2. The van der Waals surface area contributed by atoms with E-state index in [1.165, 1.54) is 0 Å². The first kappa shape index (κ1) is 17.7. The first-order valence-corrected chi connectivity index (χ1v) is 7.67. The smallest absolute Gasteiger partial charge is 0.274 e. The number of nitrogens with one attached hydrogen (secondary N) is 2. The predicted molar refractivity (Wildman–Crippen MR) is 94.8 cm³/mol. The number of carbonyl (C=O) groups is 1. The highest BCUT2D eigenvalue weighted by atomic mass is 16.5. The van der Waals surface area contributed by atoms with E-state index >= 15 is 0 Å². The zero-order chi connectivity index (χ0) is 17.5. The van der Waals surface area contributed by atoms with E-state index in [0.29, 0.717) is 29.6 Å². The average Bonchev–Trinajstić information content (AvgIpc) is 2.55. The number of benzene rings is 1. The molecule has 128 valence electrons. The van der Waals surface area contributed by atoms with E-state index in [0.717, 1.165) is 12.1 Å². The standard InChI is InChI=1S/C17H23N5O2/c1-12-5-6-15(24-4)14(11-12)20-16(23)13-7-8-18-17(21-13)19-9-10-22(2)3/h5-8,11H,9-10H2,1-4H3,(H,20,23)(H,18,19,21). The van der Waals surface area contributed by atoms with Gasteiger partial charge in [0.1, 0.15) is 11.4 Å². The molecule has 0 radical (unpaired) electrons. The summed E-state index contributed by atoms with van der Waals surface area (Å²) in [4.78, 5) is 22.9. The van der Waals surface area contributed by atoms with Gasteiger partial charge in [0, 0.05) is 19.3 Å². The van der Waals surface area contributed by atoms with Gasteiger partial charge in [0.05, 0.1) is 12.8 Å². The van der Waals surface area contributed by atoms with E-state index < -0.39 is 0 Å². The molecule has 24 heavy (non-hydrogen) atoms. The number of anilines is 2. The van der Waals surface area contributed by atoms with Crippen molar-refractivity contribution in [1.82, 2.24) is 14.9 Å². The molecule has 0 spiro atoms. The lowest BCUT2D eigenvalue weighted by atomic mass is 10.2. The zero-order valence-corrected chi connectivity index (χ0v) is 14.5.